The molecule has 0 aliphatic carbocycles. The minimum absolute atomic E-state index is 0.126. The number of ether oxygens (including phenoxy) is 1. The van der Waals surface area contributed by atoms with Crippen LogP contribution in [0.25, 0.3) is 0 Å². The third kappa shape index (κ3) is 2.96. The molecule has 0 aromatic carbocycles. The molecule has 0 atom stereocenters. The van der Waals surface area contributed by atoms with Gasteiger partial charge in [-0.25, -0.2) is 4.98 Å². The first-order valence-corrected chi connectivity index (χ1v) is 4.82. The van der Waals surface area contributed by atoms with Crippen LogP contribution >= 0.6 is 0 Å². The summed E-state index contributed by atoms with van der Waals surface area (Å²) < 4.78 is 5.57. The van der Waals surface area contributed by atoms with Gasteiger partial charge in [0.2, 0.25) is 5.88 Å². The summed E-state index contributed by atoms with van der Waals surface area (Å²) in [6, 6.07) is 0. The van der Waals surface area contributed by atoms with Gasteiger partial charge < -0.3 is 10.5 Å². The van der Waals surface area contributed by atoms with Gasteiger partial charge in [-0.3, -0.25) is 0 Å². The Morgan fingerprint density at radius 3 is 2.79 bits per heavy atom. The van der Waals surface area contributed by atoms with Crippen LogP contribution in [0.4, 0.5) is 0 Å². The van der Waals surface area contributed by atoms with Crippen LogP contribution in [0, 0.1) is 6.92 Å². The van der Waals surface area contributed by atoms with Gasteiger partial charge in [0.25, 0.3) is 0 Å². The van der Waals surface area contributed by atoms with E-state index >= 15 is 0 Å². The molecule has 1 aromatic rings. The highest BCUT2D eigenvalue weighted by atomic mass is 16.5. The molecule has 0 fully saturated rings. The number of aromatic nitrogens is 2. The molecule has 1 heterocycles. The molecule has 0 unspecified atom stereocenters. The second kappa shape index (κ2) is 4.91. The van der Waals surface area contributed by atoms with Crippen molar-refractivity contribution in [2.24, 2.45) is 5.73 Å². The lowest BCUT2D eigenvalue weighted by Gasteiger charge is -2.12. The van der Waals surface area contributed by atoms with Crippen LogP contribution in [-0.4, -0.2) is 22.6 Å². The standard InChI is InChI=1S/C10H17N3O/c1-7(2)14-10-9(4-5-11)6-12-8(3)13-10/h6-7H,4-5,11H2,1-3H3. The molecule has 0 saturated heterocycles. The van der Waals surface area contributed by atoms with Crippen LogP contribution < -0.4 is 10.5 Å². The lowest BCUT2D eigenvalue weighted by molar-refractivity contribution is 0.229. The smallest absolute Gasteiger partial charge is 0.220 e. The molecule has 0 saturated carbocycles. The molecule has 0 amide bonds. The summed E-state index contributed by atoms with van der Waals surface area (Å²) in [5, 5.41) is 0. The predicted octanol–water partition coefficient (Wildman–Crippen LogP) is 1.07. The molecule has 78 valence electrons. The highest BCUT2D eigenvalue weighted by Crippen LogP contribution is 2.16. The molecule has 14 heavy (non-hydrogen) atoms. The van der Waals surface area contributed by atoms with Crippen LogP contribution in [0.5, 0.6) is 5.88 Å². The summed E-state index contributed by atoms with van der Waals surface area (Å²) in [4.78, 5) is 8.36. The van der Waals surface area contributed by atoms with Crippen LogP contribution in [0.1, 0.15) is 25.2 Å². The first-order valence-electron chi connectivity index (χ1n) is 4.82. The predicted molar refractivity (Wildman–Crippen MR) is 55.3 cm³/mol. The summed E-state index contributed by atoms with van der Waals surface area (Å²) in [6.07, 6.45) is 2.66. The van der Waals surface area contributed by atoms with Crippen LogP contribution in [0.2, 0.25) is 0 Å². The fourth-order valence-electron chi connectivity index (χ4n) is 1.13. The molecule has 0 bridgehead atoms. The Labute approximate surface area is 84.5 Å². The molecule has 1 aromatic heterocycles. The van der Waals surface area contributed by atoms with E-state index in [0.29, 0.717) is 12.4 Å². The van der Waals surface area contributed by atoms with Crippen molar-refractivity contribution in [1.82, 2.24) is 9.97 Å². The lowest BCUT2D eigenvalue weighted by Crippen LogP contribution is -2.12. The van der Waals surface area contributed by atoms with E-state index in [9.17, 15) is 0 Å². The lowest BCUT2D eigenvalue weighted by atomic mass is 10.2. The monoisotopic (exact) mass is 195 g/mol. The number of nitrogens with two attached hydrogens (primary N) is 1. The van der Waals surface area contributed by atoms with Crippen molar-refractivity contribution in [3.63, 3.8) is 0 Å². The van der Waals surface area contributed by atoms with Gasteiger partial charge >= 0.3 is 0 Å². The van der Waals surface area contributed by atoms with E-state index in [1.165, 1.54) is 0 Å². The summed E-state index contributed by atoms with van der Waals surface area (Å²) in [5.74, 6) is 1.39. The van der Waals surface area contributed by atoms with Crippen molar-refractivity contribution in [1.29, 1.82) is 0 Å². The fraction of sp³-hybridized carbons (Fsp3) is 0.600. The van der Waals surface area contributed by atoms with Gasteiger partial charge in [0.15, 0.2) is 0 Å². The Hall–Kier alpha value is -1.16. The van der Waals surface area contributed by atoms with Crippen molar-refractivity contribution < 1.29 is 4.74 Å². The van der Waals surface area contributed by atoms with Gasteiger partial charge in [-0.1, -0.05) is 0 Å². The Balaban J connectivity index is 2.90. The molecular weight excluding hydrogens is 178 g/mol. The Morgan fingerprint density at radius 1 is 1.50 bits per heavy atom. The van der Waals surface area contributed by atoms with Gasteiger partial charge in [0.1, 0.15) is 5.82 Å². The van der Waals surface area contributed by atoms with Crippen LogP contribution in [-0.2, 0) is 6.42 Å². The fourth-order valence-corrected chi connectivity index (χ4v) is 1.13. The minimum Gasteiger partial charge on any atom is -0.475 e. The molecule has 1 rings (SSSR count). The van der Waals surface area contributed by atoms with Crippen molar-refractivity contribution in [3.8, 4) is 5.88 Å². The zero-order chi connectivity index (χ0) is 10.6. The van der Waals surface area contributed by atoms with Crippen molar-refractivity contribution in [2.45, 2.75) is 33.3 Å². The van der Waals surface area contributed by atoms with Gasteiger partial charge in [0.05, 0.1) is 6.10 Å². The minimum atomic E-state index is 0.126. The third-order valence-electron chi connectivity index (χ3n) is 1.71. The number of hydrogen-bond donors (Lipinski definition) is 1. The second-order valence-electron chi connectivity index (χ2n) is 3.45. The van der Waals surface area contributed by atoms with E-state index in [1.54, 1.807) is 6.20 Å². The maximum Gasteiger partial charge on any atom is 0.220 e. The van der Waals surface area contributed by atoms with Gasteiger partial charge in [-0.05, 0) is 33.7 Å². The molecule has 4 nitrogen and oxygen atoms in total. The molecule has 0 aliphatic heterocycles. The highest BCUT2D eigenvalue weighted by molar-refractivity contribution is 5.24. The van der Waals surface area contributed by atoms with Gasteiger partial charge in [0, 0.05) is 11.8 Å². The summed E-state index contributed by atoms with van der Waals surface area (Å²) in [7, 11) is 0. The van der Waals surface area contributed by atoms with Crippen molar-refractivity contribution >= 4 is 0 Å². The Bertz CT molecular complexity index is 299. The first kappa shape index (κ1) is 10.9. The largest absolute Gasteiger partial charge is 0.475 e. The van der Waals surface area contributed by atoms with Crippen molar-refractivity contribution in [3.05, 3.63) is 17.6 Å². The van der Waals surface area contributed by atoms with Crippen LogP contribution in [0.3, 0.4) is 0 Å². The quantitative estimate of drug-likeness (QED) is 0.780. The zero-order valence-corrected chi connectivity index (χ0v) is 8.95. The number of nitrogens with zero attached hydrogens (tertiary/aromatic N) is 2. The van der Waals surface area contributed by atoms with E-state index in [2.05, 4.69) is 9.97 Å². The third-order valence-corrected chi connectivity index (χ3v) is 1.71. The van der Waals surface area contributed by atoms with Gasteiger partial charge in [-0.15, -0.1) is 0 Å². The molecule has 0 aliphatic rings. The maximum absolute atomic E-state index is 5.57. The number of aryl methyl sites for hydroxylation is 1. The molecule has 2 N–H and O–H groups in total. The summed E-state index contributed by atoms with van der Waals surface area (Å²) in [6.45, 7) is 6.38. The first-order chi connectivity index (χ1) is 6.63. The zero-order valence-electron chi connectivity index (χ0n) is 8.95. The second-order valence-corrected chi connectivity index (χ2v) is 3.45. The van der Waals surface area contributed by atoms with E-state index < -0.39 is 0 Å². The van der Waals surface area contributed by atoms with E-state index in [1.807, 2.05) is 20.8 Å². The molecular formula is C10H17N3O. The number of hydrogen-bond acceptors (Lipinski definition) is 4. The maximum atomic E-state index is 5.57. The average molecular weight is 195 g/mol. The van der Waals surface area contributed by atoms with Crippen molar-refractivity contribution in [2.75, 3.05) is 6.54 Å². The summed E-state index contributed by atoms with van der Waals surface area (Å²) >= 11 is 0. The highest BCUT2D eigenvalue weighted by Gasteiger charge is 2.07. The molecule has 4 heteroatoms. The Morgan fingerprint density at radius 2 is 2.21 bits per heavy atom. The SMILES string of the molecule is Cc1ncc(CCN)c(OC(C)C)n1. The Kier molecular flexibility index (Phi) is 3.83. The molecule has 0 spiro atoms. The normalized spacial score (nSPS) is 10.6. The molecule has 0 radical (unpaired) electrons. The van der Waals surface area contributed by atoms with Crippen LogP contribution in [0.15, 0.2) is 6.20 Å². The average Bonchev–Trinajstić information content (AvgIpc) is 2.09. The van der Waals surface area contributed by atoms with Gasteiger partial charge in [-0.2, -0.15) is 4.98 Å². The van der Waals surface area contributed by atoms with E-state index in [0.717, 1.165) is 17.8 Å². The topological polar surface area (TPSA) is 61.0 Å². The number of rotatable bonds is 4. The van der Waals surface area contributed by atoms with E-state index in [4.69, 9.17) is 10.5 Å². The summed E-state index contributed by atoms with van der Waals surface area (Å²) in [5.41, 5.74) is 6.47. The van der Waals surface area contributed by atoms with E-state index in [-0.39, 0.29) is 6.10 Å².